The van der Waals surface area contributed by atoms with Crippen LogP contribution in [0.15, 0.2) is 30.3 Å². The van der Waals surface area contributed by atoms with Gasteiger partial charge in [-0.2, -0.15) is 0 Å². The van der Waals surface area contributed by atoms with E-state index in [2.05, 4.69) is 66.3 Å². The summed E-state index contributed by atoms with van der Waals surface area (Å²) in [6, 6.07) is 12.0. The molecule has 1 aliphatic rings. The Morgan fingerprint density at radius 2 is 1.95 bits per heavy atom. The van der Waals surface area contributed by atoms with Gasteiger partial charge in [-0.15, -0.1) is 0 Å². The molecule has 112 valence electrons. The molecule has 2 unspecified atom stereocenters. The standard InChI is InChI=1S/C17H29N3/c1-4-20(5-2)17(15-9-7-6-8-10-15)13-18-16-11-12-19(3)14-16/h6-10,16-18H,4-5,11-14H2,1-3H3. The summed E-state index contributed by atoms with van der Waals surface area (Å²) in [6.45, 7) is 10.2. The number of benzene rings is 1. The normalized spacial score (nSPS) is 21.5. The van der Waals surface area contributed by atoms with Crippen molar-refractivity contribution in [1.82, 2.24) is 15.1 Å². The monoisotopic (exact) mass is 275 g/mol. The van der Waals surface area contributed by atoms with E-state index in [1.807, 2.05) is 0 Å². The second-order valence-electron chi connectivity index (χ2n) is 5.80. The van der Waals surface area contributed by atoms with Gasteiger partial charge in [0.15, 0.2) is 0 Å². The van der Waals surface area contributed by atoms with E-state index in [1.54, 1.807) is 0 Å². The van der Waals surface area contributed by atoms with Crippen molar-refractivity contribution in [3.05, 3.63) is 35.9 Å². The molecule has 3 heteroatoms. The molecule has 1 aromatic carbocycles. The van der Waals surface area contributed by atoms with Gasteiger partial charge in [0.1, 0.15) is 0 Å². The molecule has 3 nitrogen and oxygen atoms in total. The molecule has 1 aliphatic heterocycles. The van der Waals surface area contributed by atoms with Gasteiger partial charge in [-0.25, -0.2) is 0 Å². The summed E-state index contributed by atoms with van der Waals surface area (Å²) in [5, 5.41) is 3.78. The molecular formula is C17H29N3. The van der Waals surface area contributed by atoms with Crippen LogP contribution in [0.1, 0.15) is 31.9 Å². The highest BCUT2D eigenvalue weighted by atomic mass is 15.2. The summed E-state index contributed by atoms with van der Waals surface area (Å²) in [4.78, 5) is 4.95. The summed E-state index contributed by atoms with van der Waals surface area (Å²) in [6.07, 6.45) is 1.27. The first-order chi connectivity index (χ1) is 9.74. The van der Waals surface area contributed by atoms with Gasteiger partial charge in [0, 0.05) is 25.2 Å². The minimum atomic E-state index is 0.483. The summed E-state index contributed by atoms with van der Waals surface area (Å²) in [7, 11) is 2.21. The number of nitrogens with one attached hydrogen (secondary N) is 1. The van der Waals surface area contributed by atoms with Crippen LogP contribution in [0.2, 0.25) is 0 Å². The summed E-state index contributed by atoms with van der Waals surface area (Å²) in [5.74, 6) is 0. The Labute approximate surface area is 124 Å². The number of hydrogen-bond donors (Lipinski definition) is 1. The maximum absolute atomic E-state index is 3.78. The summed E-state index contributed by atoms with van der Waals surface area (Å²) >= 11 is 0. The predicted molar refractivity (Wildman–Crippen MR) is 86.0 cm³/mol. The van der Waals surface area contributed by atoms with Gasteiger partial charge in [0.05, 0.1) is 0 Å². The van der Waals surface area contributed by atoms with E-state index in [-0.39, 0.29) is 0 Å². The lowest BCUT2D eigenvalue weighted by Gasteiger charge is -2.31. The molecule has 1 aromatic rings. The average Bonchev–Trinajstić information content (AvgIpc) is 2.90. The molecule has 0 aliphatic carbocycles. The minimum absolute atomic E-state index is 0.483. The largest absolute Gasteiger partial charge is 0.311 e. The van der Waals surface area contributed by atoms with Crippen molar-refractivity contribution < 1.29 is 0 Å². The maximum Gasteiger partial charge on any atom is 0.0472 e. The molecule has 0 saturated carbocycles. The zero-order valence-corrected chi connectivity index (χ0v) is 13.2. The van der Waals surface area contributed by atoms with Crippen LogP contribution >= 0.6 is 0 Å². The Bertz CT molecular complexity index is 375. The van der Waals surface area contributed by atoms with Crippen molar-refractivity contribution in [2.75, 3.05) is 39.8 Å². The van der Waals surface area contributed by atoms with Crippen LogP contribution in [0.5, 0.6) is 0 Å². The maximum atomic E-state index is 3.78. The lowest BCUT2D eigenvalue weighted by molar-refractivity contribution is 0.208. The van der Waals surface area contributed by atoms with E-state index in [0.717, 1.165) is 19.6 Å². The van der Waals surface area contributed by atoms with Crippen LogP contribution in [0.25, 0.3) is 0 Å². The topological polar surface area (TPSA) is 18.5 Å². The Morgan fingerprint density at radius 3 is 2.50 bits per heavy atom. The summed E-state index contributed by atoms with van der Waals surface area (Å²) in [5.41, 5.74) is 1.43. The second kappa shape index (κ2) is 7.77. The molecular weight excluding hydrogens is 246 g/mol. The van der Waals surface area contributed by atoms with Crippen LogP contribution in [0.4, 0.5) is 0 Å². The van der Waals surface area contributed by atoms with Gasteiger partial charge in [-0.1, -0.05) is 44.2 Å². The molecule has 1 heterocycles. The molecule has 2 rings (SSSR count). The lowest BCUT2D eigenvalue weighted by Crippen LogP contribution is -2.40. The number of likely N-dealkylation sites (tertiary alicyclic amines) is 1. The molecule has 0 radical (unpaired) electrons. The minimum Gasteiger partial charge on any atom is -0.311 e. The van der Waals surface area contributed by atoms with Gasteiger partial charge in [-0.05, 0) is 38.7 Å². The van der Waals surface area contributed by atoms with Crippen molar-refractivity contribution in [3.8, 4) is 0 Å². The van der Waals surface area contributed by atoms with Crippen LogP contribution in [0.3, 0.4) is 0 Å². The van der Waals surface area contributed by atoms with E-state index in [1.165, 1.54) is 25.1 Å². The predicted octanol–water partition coefficient (Wildman–Crippen LogP) is 2.36. The van der Waals surface area contributed by atoms with E-state index >= 15 is 0 Å². The molecule has 1 N–H and O–H groups in total. The Kier molecular flexibility index (Phi) is 6.02. The quantitative estimate of drug-likeness (QED) is 0.824. The number of rotatable bonds is 7. The van der Waals surface area contributed by atoms with E-state index in [9.17, 15) is 0 Å². The van der Waals surface area contributed by atoms with Crippen LogP contribution < -0.4 is 5.32 Å². The van der Waals surface area contributed by atoms with Crippen LogP contribution in [-0.4, -0.2) is 55.6 Å². The smallest absolute Gasteiger partial charge is 0.0472 e. The fourth-order valence-electron chi connectivity index (χ4n) is 3.18. The van der Waals surface area contributed by atoms with Crippen LogP contribution in [-0.2, 0) is 0 Å². The van der Waals surface area contributed by atoms with E-state index in [4.69, 9.17) is 0 Å². The lowest BCUT2D eigenvalue weighted by atomic mass is 10.0. The number of likely N-dealkylation sites (N-methyl/N-ethyl adjacent to an activating group) is 2. The van der Waals surface area contributed by atoms with Gasteiger partial charge in [0.25, 0.3) is 0 Å². The third-order valence-corrected chi connectivity index (χ3v) is 4.43. The van der Waals surface area contributed by atoms with Crippen molar-refractivity contribution in [2.24, 2.45) is 0 Å². The molecule has 1 saturated heterocycles. The highest BCUT2D eigenvalue weighted by Crippen LogP contribution is 2.20. The van der Waals surface area contributed by atoms with Gasteiger partial charge < -0.3 is 10.2 Å². The van der Waals surface area contributed by atoms with Gasteiger partial charge >= 0.3 is 0 Å². The van der Waals surface area contributed by atoms with Crippen molar-refractivity contribution in [2.45, 2.75) is 32.4 Å². The van der Waals surface area contributed by atoms with Crippen molar-refractivity contribution >= 4 is 0 Å². The highest BCUT2D eigenvalue weighted by molar-refractivity contribution is 5.19. The molecule has 0 amide bonds. The Balaban J connectivity index is 1.99. The van der Waals surface area contributed by atoms with Gasteiger partial charge in [0.2, 0.25) is 0 Å². The number of hydrogen-bond acceptors (Lipinski definition) is 3. The molecule has 0 bridgehead atoms. The van der Waals surface area contributed by atoms with Crippen molar-refractivity contribution in [1.29, 1.82) is 0 Å². The molecule has 0 spiro atoms. The first kappa shape index (κ1) is 15.5. The average molecular weight is 275 g/mol. The first-order valence-electron chi connectivity index (χ1n) is 7.95. The van der Waals surface area contributed by atoms with E-state index in [0.29, 0.717) is 12.1 Å². The number of nitrogens with zero attached hydrogens (tertiary/aromatic N) is 2. The fourth-order valence-corrected chi connectivity index (χ4v) is 3.18. The SMILES string of the molecule is CCN(CC)C(CNC1CCN(C)C1)c1ccccc1. The van der Waals surface area contributed by atoms with Crippen molar-refractivity contribution in [3.63, 3.8) is 0 Å². The van der Waals surface area contributed by atoms with Crippen LogP contribution in [0, 0.1) is 0 Å². The highest BCUT2D eigenvalue weighted by Gasteiger charge is 2.22. The first-order valence-corrected chi connectivity index (χ1v) is 7.95. The zero-order chi connectivity index (χ0) is 14.4. The Hall–Kier alpha value is -0.900. The third kappa shape index (κ3) is 4.05. The molecule has 0 aromatic heterocycles. The molecule has 2 atom stereocenters. The second-order valence-corrected chi connectivity index (χ2v) is 5.80. The third-order valence-electron chi connectivity index (χ3n) is 4.43. The van der Waals surface area contributed by atoms with E-state index < -0.39 is 0 Å². The van der Waals surface area contributed by atoms with Gasteiger partial charge in [-0.3, -0.25) is 4.90 Å². The molecule has 20 heavy (non-hydrogen) atoms. The molecule has 1 fully saturated rings. The summed E-state index contributed by atoms with van der Waals surface area (Å²) < 4.78 is 0. The zero-order valence-electron chi connectivity index (χ0n) is 13.2. The fraction of sp³-hybridized carbons (Fsp3) is 0.647. The Morgan fingerprint density at radius 1 is 1.25 bits per heavy atom.